The third-order valence-electron chi connectivity index (χ3n) is 12.5. The molecule has 0 aliphatic heterocycles. The number of hydrogen-bond donors (Lipinski definition) is 0. The molecule has 1 aromatic heterocycles. The third-order valence-corrected chi connectivity index (χ3v) is 12.5. The molecule has 0 fully saturated rings. The summed E-state index contributed by atoms with van der Waals surface area (Å²) in [5.41, 5.74) is 13.5. The monoisotopic (exact) mass is 845 g/mol. The normalized spacial score (nSPS) is 11.3. The molecule has 12 aromatic rings. The van der Waals surface area contributed by atoms with Crippen molar-refractivity contribution in [3.8, 4) is 11.1 Å². The second-order valence-electron chi connectivity index (χ2n) is 16.6. The Morgan fingerprint density at radius 1 is 0.212 bits per heavy atom. The lowest BCUT2D eigenvalue weighted by molar-refractivity contribution is 0.669. The fourth-order valence-electron chi connectivity index (χ4n) is 9.45. The first-order valence-electron chi connectivity index (χ1n) is 22.4. The second kappa shape index (κ2) is 16.7. The van der Waals surface area contributed by atoms with Crippen molar-refractivity contribution in [3.63, 3.8) is 0 Å². The van der Waals surface area contributed by atoms with Crippen LogP contribution in [-0.4, -0.2) is 0 Å². The van der Waals surface area contributed by atoms with Crippen molar-refractivity contribution >= 4 is 94.7 Å². The molecule has 66 heavy (non-hydrogen) atoms. The van der Waals surface area contributed by atoms with Gasteiger partial charge >= 0.3 is 0 Å². The van der Waals surface area contributed by atoms with Gasteiger partial charge in [-0.3, -0.25) is 0 Å². The van der Waals surface area contributed by atoms with E-state index < -0.39 is 0 Å². The van der Waals surface area contributed by atoms with E-state index in [0.717, 1.165) is 84.1 Å². The number of hydrogen-bond acceptors (Lipinski definition) is 4. The zero-order valence-corrected chi connectivity index (χ0v) is 36.1. The van der Waals surface area contributed by atoms with E-state index in [2.05, 4.69) is 263 Å². The summed E-state index contributed by atoms with van der Waals surface area (Å²) in [6.45, 7) is 0. The fourth-order valence-corrected chi connectivity index (χ4v) is 9.45. The molecule has 0 unspecified atom stereocenters. The lowest BCUT2D eigenvalue weighted by atomic mass is 9.98. The number of fused-ring (bicyclic) bond motifs is 6. The van der Waals surface area contributed by atoms with Crippen LogP contribution in [0, 0.1) is 0 Å². The molecule has 12 rings (SSSR count). The molecule has 4 heteroatoms. The highest BCUT2D eigenvalue weighted by Gasteiger charge is 2.23. The van der Waals surface area contributed by atoms with Gasteiger partial charge in [0.05, 0.1) is 17.1 Å². The minimum atomic E-state index is 0.895. The van der Waals surface area contributed by atoms with E-state index in [0.29, 0.717) is 0 Å². The zero-order valence-electron chi connectivity index (χ0n) is 36.1. The number of nitrogens with zero attached hydrogens (tertiary/aromatic N) is 3. The maximum absolute atomic E-state index is 6.36. The molecule has 0 saturated carbocycles. The summed E-state index contributed by atoms with van der Waals surface area (Å²) in [4.78, 5) is 7.12. The smallest absolute Gasteiger partial charge is 0.136 e. The molecule has 0 bridgehead atoms. The fraction of sp³-hybridized carbons (Fsp3) is 0. The van der Waals surface area contributed by atoms with Crippen LogP contribution in [0.2, 0.25) is 0 Å². The van der Waals surface area contributed by atoms with E-state index in [1.165, 1.54) is 21.7 Å². The molecule has 0 N–H and O–H groups in total. The summed E-state index contributed by atoms with van der Waals surface area (Å²) >= 11 is 0. The standard InChI is InChI=1S/C62H43N3O/c1-6-18-44(19-7-1)45-32-35-52(36-33-45)65(53-37-34-46-30-31-47-38-62-60(43-59(47)58(46)42-53)57-28-16-17-29-61(57)66-62)56-40-54(63(48-20-8-2-9-21-48)49-22-10-3-11-23-49)39-55(41-56)64(50-24-12-4-13-25-50)51-26-14-5-15-27-51/h1-43H. The predicted octanol–water partition coefficient (Wildman–Crippen LogP) is 18.0. The summed E-state index contributed by atoms with van der Waals surface area (Å²) in [7, 11) is 0. The average Bonchev–Trinajstić information content (AvgIpc) is 3.75. The summed E-state index contributed by atoms with van der Waals surface area (Å²) in [6, 6.07) is 93.3. The molecule has 0 atom stereocenters. The highest BCUT2D eigenvalue weighted by molar-refractivity contribution is 6.17. The van der Waals surface area contributed by atoms with E-state index in [9.17, 15) is 0 Å². The van der Waals surface area contributed by atoms with E-state index >= 15 is 0 Å². The molecule has 0 spiro atoms. The highest BCUT2D eigenvalue weighted by atomic mass is 16.3. The van der Waals surface area contributed by atoms with Gasteiger partial charge < -0.3 is 19.1 Å². The summed E-state index contributed by atoms with van der Waals surface area (Å²) in [5, 5.41) is 6.90. The van der Waals surface area contributed by atoms with Crippen molar-refractivity contribution < 1.29 is 4.42 Å². The van der Waals surface area contributed by atoms with Crippen LogP contribution in [0.15, 0.2) is 265 Å². The van der Waals surface area contributed by atoms with E-state index in [1.807, 2.05) is 12.1 Å². The molecule has 0 aliphatic carbocycles. The van der Waals surface area contributed by atoms with Crippen LogP contribution < -0.4 is 14.7 Å². The minimum Gasteiger partial charge on any atom is -0.456 e. The maximum Gasteiger partial charge on any atom is 0.136 e. The van der Waals surface area contributed by atoms with Crippen LogP contribution in [0.5, 0.6) is 0 Å². The van der Waals surface area contributed by atoms with Gasteiger partial charge in [0.2, 0.25) is 0 Å². The molecule has 1 heterocycles. The van der Waals surface area contributed by atoms with E-state index in [-0.39, 0.29) is 0 Å². The van der Waals surface area contributed by atoms with Gasteiger partial charge in [0.1, 0.15) is 11.2 Å². The topological polar surface area (TPSA) is 22.9 Å². The Morgan fingerprint density at radius 3 is 1.15 bits per heavy atom. The van der Waals surface area contributed by atoms with Gasteiger partial charge in [-0.25, -0.2) is 0 Å². The molecule has 312 valence electrons. The summed E-state index contributed by atoms with van der Waals surface area (Å²) < 4.78 is 6.36. The van der Waals surface area contributed by atoms with Crippen LogP contribution >= 0.6 is 0 Å². The number of rotatable bonds is 10. The number of furan rings is 1. The van der Waals surface area contributed by atoms with Crippen LogP contribution in [-0.2, 0) is 0 Å². The first-order chi connectivity index (χ1) is 32.7. The van der Waals surface area contributed by atoms with Crippen LogP contribution in [0.4, 0.5) is 51.2 Å². The van der Waals surface area contributed by atoms with Gasteiger partial charge in [0, 0.05) is 44.9 Å². The molecular formula is C62H43N3O. The minimum absolute atomic E-state index is 0.895. The molecule has 0 saturated heterocycles. The Hall–Kier alpha value is -8.86. The Labute approximate surface area is 384 Å². The number of anilines is 9. The van der Waals surface area contributed by atoms with E-state index in [1.54, 1.807) is 0 Å². The molecule has 0 amide bonds. The van der Waals surface area contributed by atoms with Gasteiger partial charge in [0.15, 0.2) is 0 Å². The van der Waals surface area contributed by atoms with Crippen LogP contribution in [0.1, 0.15) is 0 Å². The van der Waals surface area contributed by atoms with Crippen LogP contribution in [0.3, 0.4) is 0 Å². The van der Waals surface area contributed by atoms with E-state index in [4.69, 9.17) is 4.42 Å². The largest absolute Gasteiger partial charge is 0.456 e. The Morgan fingerprint density at radius 2 is 0.606 bits per heavy atom. The molecule has 0 radical (unpaired) electrons. The molecule has 11 aromatic carbocycles. The van der Waals surface area contributed by atoms with Crippen molar-refractivity contribution in [2.24, 2.45) is 0 Å². The van der Waals surface area contributed by atoms with Gasteiger partial charge in [-0.15, -0.1) is 0 Å². The molecule has 4 nitrogen and oxygen atoms in total. The SMILES string of the molecule is c1ccc(-c2ccc(N(c3cc(N(c4ccccc4)c4ccccc4)cc(N(c4ccccc4)c4ccccc4)c3)c3ccc4ccc5cc6oc7ccccc7c6cc5c4c3)cc2)cc1. The quantitative estimate of drug-likeness (QED) is 0.128. The average molecular weight is 846 g/mol. The highest BCUT2D eigenvalue weighted by Crippen LogP contribution is 2.47. The van der Waals surface area contributed by atoms with Crippen molar-refractivity contribution in [3.05, 3.63) is 261 Å². The Kier molecular flexibility index (Phi) is 9.81. The lowest BCUT2D eigenvalue weighted by Gasteiger charge is -2.33. The predicted molar refractivity (Wildman–Crippen MR) is 278 cm³/mol. The van der Waals surface area contributed by atoms with Gasteiger partial charge in [-0.1, -0.05) is 152 Å². The van der Waals surface area contributed by atoms with Crippen LogP contribution in [0.25, 0.3) is 54.6 Å². The Balaban J connectivity index is 1.13. The maximum atomic E-state index is 6.36. The van der Waals surface area contributed by atoms with Gasteiger partial charge in [0.25, 0.3) is 0 Å². The summed E-state index contributed by atoms with van der Waals surface area (Å²) in [5.74, 6) is 0. The van der Waals surface area contributed by atoms with Crippen molar-refractivity contribution in [2.75, 3.05) is 14.7 Å². The second-order valence-corrected chi connectivity index (χ2v) is 16.6. The van der Waals surface area contributed by atoms with Gasteiger partial charge in [-0.05, 0) is 142 Å². The summed E-state index contributed by atoms with van der Waals surface area (Å²) in [6.07, 6.45) is 0. The zero-order chi connectivity index (χ0) is 43.8. The Bertz CT molecular complexity index is 3450. The number of para-hydroxylation sites is 5. The van der Waals surface area contributed by atoms with Crippen molar-refractivity contribution in [1.29, 1.82) is 0 Å². The lowest BCUT2D eigenvalue weighted by Crippen LogP contribution is -2.16. The van der Waals surface area contributed by atoms with Crippen molar-refractivity contribution in [1.82, 2.24) is 0 Å². The molecular weight excluding hydrogens is 803 g/mol. The molecule has 0 aliphatic rings. The third kappa shape index (κ3) is 7.17. The van der Waals surface area contributed by atoms with Gasteiger partial charge in [-0.2, -0.15) is 0 Å². The number of benzene rings is 11. The first kappa shape index (κ1) is 38.8. The first-order valence-corrected chi connectivity index (χ1v) is 22.4. The van der Waals surface area contributed by atoms with Crippen molar-refractivity contribution in [2.45, 2.75) is 0 Å².